The van der Waals surface area contributed by atoms with Crippen molar-refractivity contribution in [2.45, 2.75) is 18.6 Å². The zero-order valence-corrected chi connectivity index (χ0v) is 13.4. The maximum atomic E-state index is 12.0. The Hall–Kier alpha value is -2.09. The molecule has 1 aromatic rings. The highest BCUT2D eigenvalue weighted by Crippen LogP contribution is 2.15. The molecule has 1 aliphatic rings. The summed E-state index contributed by atoms with van der Waals surface area (Å²) < 4.78 is 0. The predicted molar refractivity (Wildman–Crippen MR) is 92.0 cm³/mol. The molecule has 2 rings (SSSR count). The van der Waals surface area contributed by atoms with Crippen LogP contribution in [0.2, 0.25) is 0 Å². The molecule has 126 valence electrons. The Morgan fingerprint density at radius 2 is 1.87 bits per heavy atom. The lowest BCUT2D eigenvalue weighted by Crippen LogP contribution is -2.35. The summed E-state index contributed by atoms with van der Waals surface area (Å²) in [6.45, 7) is 4.33. The lowest BCUT2D eigenvalue weighted by atomic mass is 10.2. The molecule has 1 aromatic carbocycles. The average molecular weight is 341 g/mol. The van der Waals surface area contributed by atoms with E-state index < -0.39 is 6.10 Å². The van der Waals surface area contributed by atoms with E-state index in [0.717, 1.165) is 0 Å². The molecule has 0 radical (unpaired) electrons. The van der Waals surface area contributed by atoms with Crippen molar-refractivity contribution in [3.63, 3.8) is 0 Å². The molecule has 0 spiro atoms. The molecule has 23 heavy (non-hydrogen) atoms. The fourth-order valence-electron chi connectivity index (χ4n) is 2.12. The van der Waals surface area contributed by atoms with Crippen LogP contribution in [0.3, 0.4) is 0 Å². The van der Waals surface area contributed by atoms with E-state index in [2.05, 4.69) is 27.8 Å². The van der Waals surface area contributed by atoms with E-state index in [1.54, 1.807) is 30.3 Å². The topological polar surface area (TPSA) is 102 Å². The molecule has 0 aromatic heterocycles. The highest BCUT2D eigenvalue weighted by atomic mass is 35.5. The van der Waals surface area contributed by atoms with E-state index in [1.807, 2.05) is 0 Å². The van der Waals surface area contributed by atoms with Crippen LogP contribution in [0.25, 0.3) is 0 Å². The number of anilines is 2. The number of rotatable bonds is 5. The average Bonchev–Trinajstić information content (AvgIpc) is 2.94. The van der Waals surface area contributed by atoms with Gasteiger partial charge in [0.25, 0.3) is 0 Å². The van der Waals surface area contributed by atoms with Crippen LogP contribution in [0.1, 0.15) is 6.42 Å². The molecule has 1 saturated heterocycles. The largest absolute Gasteiger partial charge is 0.392 e. The summed E-state index contributed by atoms with van der Waals surface area (Å²) in [5.41, 5.74) is 1.25. The molecule has 1 aliphatic heterocycles. The van der Waals surface area contributed by atoms with Crippen LogP contribution in [-0.2, 0) is 4.79 Å². The summed E-state index contributed by atoms with van der Waals surface area (Å²) >= 11 is 0. The normalized spacial score (nSPS) is 19.3. The number of benzene rings is 1. The number of nitrogens with one attached hydrogen (secondary N) is 4. The molecule has 2 atom stereocenters. The minimum Gasteiger partial charge on any atom is -0.392 e. The molecule has 8 heteroatoms. The number of aliphatic hydroxyl groups is 1. The molecule has 0 saturated carbocycles. The molecular formula is C15H21ClN4O3. The summed E-state index contributed by atoms with van der Waals surface area (Å²) in [5.74, 6) is -0.180. The lowest BCUT2D eigenvalue weighted by Gasteiger charge is -2.12. The Kier molecular flexibility index (Phi) is 7.53. The maximum Gasteiger partial charge on any atom is 0.319 e. The Balaban J connectivity index is 0.00000264. The second-order valence-electron chi connectivity index (χ2n) is 5.04. The van der Waals surface area contributed by atoms with Crippen molar-refractivity contribution in [3.8, 4) is 0 Å². The lowest BCUT2D eigenvalue weighted by molar-refractivity contribution is -0.117. The van der Waals surface area contributed by atoms with Gasteiger partial charge in [-0.05, 0) is 30.7 Å². The van der Waals surface area contributed by atoms with Crippen molar-refractivity contribution in [2.24, 2.45) is 0 Å². The van der Waals surface area contributed by atoms with Gasteiger partial charge in [0, 0.05) is 24.5 Å². The van der Waals surface area contributed by atoms with Crippen molar-refractivity contribution >= 4 is 35.7 Å². The number of aliphatic hydroxyl groups excluding tert-OH is 1. The molecule has 1 heterocycles. The smallest absolute Gasteiger partial charge is 0.319 e. The summed E-state index contributed by atoms with van der Waals surface area (Å²) in [7, 11) is 0. The first-order chi connectivity index (χ1) is 10.6. The minimum absolute atomic E-state index is 0. The maximum absolute atomic E-state index is 12.0. The monoisotopic (exact) mass is 340 g/mol. The van der Waals surface area contributed by atoms with Crippen LogP contribution in [0.15, 0.2) is 36.9 Å². The SMILES string of the molecule is C=CCNC(=O)Nc1ccc(NC(=O)C2CC(O)CN2)cc1.Cl. The third-order valence-corrected chi connectivity index (χ3v) is 3.24. The highest BCUT2D eigenvalue weighted by molar-refractivity contribution is 5.95. The number of β-amino-alcohol motifs (C(OH)–C–C–N with tert-alkyl or cyclic N) is 1. The van der Waals surface area contributed by atoms with E-state index in [0.29, 0.717) is 30.9 Å². The molecule has 0 bridgehead atoms. The van der Waals surface area contributed by atoms with E-state index >= 15 is 0 Å². The van der Waals surface area contributed by atoms with Gasteiger partial charge in [-0.3, -0.25) is 4.79 Å². The predicted octanol–water partition coefficient (Wildman–Crippen LogP) is 1.08. The van der Waals surface area contributed by atoms with Crippen LogP contribution in [0.4, 0.5) is 16.2 Å². The minimum atomic E-state index is -0.476. The number of hydrogen-bond donors (Lipinski definition) is 5. The number of amides is 3. The molecule has 5 N–H and O–H groups in total. The van der Waals surface area contributed by atoms with Gasteiger partial charge in [-0.2, -0.15) is 0 Å². The van der Waals surface area contributed by atoms with Crippen LogP contribution < -0.4 is 21.3 Å². The van der Waals surface area contributed by atoms with E-state index in [1.165, 1.54) is 0 Å². The molecule has 2 unspecified atom stereocenters. The Morgan fingerprint density at radius 3 is 2.39 bits per heavy atom. The molecule has 1 fully saturated rings. The summed E-state index contributed by atoms with van der Waals surface area (Å²) in [6, 6.07) is 6.09. The van der Waals surface area contributed by atoms with Gasteiger partial charge in [-0.25, -0.2) is 4.79 Å². The van der Waals surface area contributed by atoms with Crippen molar-refractivity contribution in [3.05, 3.63) is 36.9 Å². The van der Waals surface area contributed by atoms with Gasteiger partial charge in [0.15, 0.2) is 0 Å². The fourth-order valence-corrected chi connectivity index (χ4v) is 2.12. The first kappa shape index (κ1) is 19.0. The van der Waals surface area contributed by atoms with Crippen LogP contribution in [-0.4, -0.2) is 42.3 Å². The van der Waals surface area contributed by atoms with E-state index in [-0.39, 0.29) is 30.4 Å². The number of urea groups is 1. The number of carbonyl (C=O) groups excluding carboxylic acids is 2. The van der Waals surface area contributed by atoms with Gasteiger partial charge < -0.3 is 26.4 Å². The molecule has 7 nitrogen and oxygen atoms in total. The Bertz CT molecular complexity index is 550. The van der Waals surface area contributed by atoms with Gasteiger partial charge in [0.05, 0.1) is 12.1 Å². The van der Waals surface area contributed by atoms with Crippen molar-refractivity contribution in [2.75, 3.05) is 23.7 Å². The molecular weight excluding hydrogens is 320 g/mol. The van der Waals surface area contributed by atoms with Crippen molar-refractivity contribution in [1.82, 2.24) is 10.6 Å². The fraction of sp³-hybridized carbons (Fsp3) is 0.333. The zero-order valence-electron chi connectivity index (χ0n) is 12.5. The third-order valence-electron chi connectivity index (χ3n) is 3.24. The van der Waals surface area contributed by atoms with Gasteiger partial charge in [-0.15, -0.1) is 19.0 Å². The van der Waals surface area contributed by atoms with Crippen molar-refractivity contribution in [1.29, 1.82) is 0 Å². The summed E-state index contributed by atoms with van der Waals surface area (Å²) in [4.78, 5) is 23.4. The number of hydrogen-bond acceptors (Lipinski definition) is 4. The standard InChI is InChI=1S/C15H20N4O3.ClH/c1-2-7-16-15(22)19-11-5-3-10(4-6-11)18-14(21)13-8-12(20)9-17-13;/h2-6,12-13,17,20H,1,7-9H2,(H,18,21)(H2,16,19,22);1H. The van der Waals surface area contributed by atoms with E-state index in [9.17, 15) is 14.7 Å². The zero-order chi connectivity index (χ0) is 15.9. The van der Waals surface area contributed by atoms with Gasteiger partial charge in [0.2, 0.25) is 5.91 Å². The second-order valence-corrected chi connectivity index (χ2v) is 5.04. The molecule has 0 aliphatic carbocycles. The second kappa shape index (κ2) is 9.14. The highest BCUT2D eigenvalue weighted by Gasteiger charge is 2.27. The Morgan fingerprint density at radius 1 is 1.26 bits per heavy atom. The quantitative estimate of drug-likeness (QED) is 0.517. The van der Waals surface area contributed by atoms with Gasteiger partial charge in [-0.1, -0.05) is 6.08 Å². The summed E-state index contributed by atoms with van der Waals surface area (Å²) in [6.07, 6.45) is 1.53. The van der Waals surface area contributed by atoms with E-state index in [4.69, 9.17) is 0 Å². The van der Waals surface area contributed by atoms with Gasteiger partial charge in [0.1, 0.15) is 0 Å². The van der Waals surface area contributed by atoms with Crippen molar-refractivity contribution < 1.29 is 14.7 Å². The third kappa shape index (κ3) is 5.90. The van der Waals surface area contributed by atoms with Gasteiger partial charge >= 0.3 is 6.03 Å². The van der Waals surface area contributed by atoms with Crippen LogP contribution in [0, 0.1) is 0 Å². The molecule has 3 amide bonds. The first-order valence-electron chi connectivity index (χ1n) is 7.06. The number of carbonyl (C=O) groups is 2. The summed E-state index contributed by atoms with van der Waals surface area (Å²) in [5, 5.41) is 20.4. The number of halogens is 1. The van der Waals surface area contributed by atoms with Crippen LogP contribution in [0.5, 0.6) is 0 Å². The first-order valence-corrected chi connectivity index (χ1v) is 7.06. The Labute approximate surface area is 140 Å². The van der Waals surface area contributed by atoms with Crippen LogP contribution >= 0.6 is 12.4 Å².